The number of unbranched alkanes of at least 4 members (excludes halogenated alkanes) is 1. The number of aryl methyl sites for hydroxylation is 2. The Morgan fingerprint density at radius 1 is 1.16 bits per heavy atom. The Morgan fingerprint density at radius 3 is 2.52 bits per heavy atom. The number of rotatable bonds is 8. The zero-order chi connectivity index (χ0) is 18.2. The molecule has 4 heteroatoms. The lowest BCUT2D eigenvalue weighted by molar-refractivity contribution is 0.733. The van der Waals surface area contributed by atoms with E-state index in [1.165, 1.54) is 5.56 Å². The molecular formula is C21H30N4. The molecule has 0 aliphatic rings. The number of hydrogen-bond acceptors (Lipinski definition) is 4. The van der Waals surface area contributed by atoms with Crippen LogP contribution in [0.15, 0.2) is 35.4 Å². The average molecular weight is 338 g/mol. The maximum atomic E-state index is 4.56. The van der Waals surface area contributed by atoms with Gasteiger partial charge in [0.25, 0.3) is 0 Å². The summed E-state index contributed by atoms with van der Waals surface area (Å²) in [5, 5.41) is 4.46. The molecule has 0 amide bonds. The topological polar surface area (TPSA) is 50.2 Å². The molecule has 0 spiro atoms. The minimum absolute atomic E-state index is 0.571. The predicted octanol–water partition coefficient (Wildman–Crippen LogP) is 5.48. The van der Waals surface area contributed by atoms with Crippen LogP contribution in [0, 0.1) is 6.92 Å². The van der Waals surface area contributed by atoms with Crippen molar-refractivity contribution in [1.82, 2.24) is 9.97 Å². The van der Waals surface area contributed by atoms with E-state index in [1.807, 2.05) is 19.9 Å². The van der Waals surface area contributed by atoms with Crippen LogP contribution in [-0.2, 0) is 6.42 Å². The molecule has 25 heavy (non-hydrogen) atoms. The molecule has 1 atom stereocenters. The number of nitrogens with one attached hydrogen (secondary N) is 1. The summed E-state index contributed by atoms with van der Waals surface area (Å²) in [4.78, 5) is 8.98. The van der Waals surface area contributed by atoms with Gasteiger partial charge in [-0.15, -0.1) is 0 Å². The number of hydrogen-bond donors (Lipinski definition) is 1. The molecule has 0 saturated carbocycles. The summed E-state index contributed by atoms with van der Waals surface area (Å²) in [6.45, 7) is 10.6. The first-order valence-corrected chi connectivity index (χ1v) is 9.28. The van der Waals surface area contributed by atoms with Crippen LogP contribution in [0.3, 0.4) is 0 Å². The van der Waals surface area contributed by atoms with Crippen molar-refractivity contribution in [3.05, 3.63) is 52.8 Å². The molecule has 1 aromatic carbocycles. The van der Waals surface area contributed by atoms with E-state index in [-0.39, 0.29) is 0 Å². The van der Waals surface area contributed by atoms with E-state index in [1.54, 1.807) is 0 Å². The highest BCUT2D eigenvalue weighted by atomic mass is 15.4. The third-order valence-electron chi connectivity index (χ3n) is 4.53. The number of hydrazone groups is 1. The van der Waals surface area contributed by atoms with E-state index in [0.717, 1.165) is 48.3 Å². The fraction of sp³-hybridized carbons (Fsp3) is 0.476. The molecule has 0 radical (unpaired) electrons. The van der Waals surface area contributed by atoms with Gasteiger partial charge >= 0.3 is 0 Å². The lowest BCUT2D eigenvalue weighted by Crippen LogP contribution is -2.05. The number of anilines is 1. The number of aromatic nitrogens is 2. The lowest BCUT2D eigenvalue weighted by Gasteiger charge is -2.10. The Morgan fingerprint density at radius 2 is 1.88 bits per heavy atom. The van der Waals surface area contributed by atoms with Crippen LogP contribution in [0.2, 0.25) is 0 Å². The van der Waals surface area contributed by atoms with Gasteiger partial charge in [-0.1, -0.05) is 51.5 Å². The van der Waals surface area contributed by atoms with E-state index in [9.17, 15) is 0 Å². The normalized spacial score (nSPS) is 12.9. The smallest absolute Gasteiger partial charge is 0.243 e. The van der Waals surface area contributed by atoms with Crippen molar-refractivity contribution in [2.75, 3.05) is 5.43 Å². The summed E-state index contributed by atoms with van der Waals surface area (Å²) < 4.78 is 0. The first kappa shape index (κ1) is 19.1. The van der Waals surface area contributed by atoms with Gasteiger partial charge in [-0.25, -0.2) is 15.4 Å². The van der Waals surface area contributed by atoms with Crippen LogP contribution in [-0.4, -0.2) is 15.7 Å². The maximum Gasteiger partial charge on any atom is 0.243 e. The molecule has 2 rings (SSSR count). The van der Waals surface area contributed by atoms with Gasteiger partial charge in [-0.05, 0) is 56.2 Å². The van der Waals surface area contributed by atoms with Gasteiger partial charge in [0.05, 0.1) is 5.71 Å². The van der Waals surface area contributed by atoms with Gasteiger partial charge in [0, 0.05) is 11.4 Å². The summed E-state index contributed by atoms with van der Waals surface area (Å²) >= 11 is 0. The second-order valence-electron chi connectivity index (χ2n) is 6.67. The van der Waals surface area contributed by atoms with Crippen molar-refractivity contribution in [1.29, 1.82) is 0 Å². The second kappa shape index (κ2) is 9.30. The van der Waals surface area contributed by atoms with Crippen LogP contribution in [0.5, 0.6) is 0 Å². The van der Waals surface area contributed by atoms with Crippen LogP contribution < -0.4 is 5.43 Å². The molecule has 1 N–H and O–H groups in total. The highest BCUT2D eigenvalue weighted by molar-refractivity contribution is 5.99. The first-order chi connectivity index (χ1) is 12.0. The second-order valence-corrected chi connectivity index (χ2v) is 6.67. The maximum absolute atomic E-state index is 4.56. The summed E-state index contributed by atoms with van der Waals surface area (Å²) in [6.07, 6.45) is 4.43. The van der Waals surface area contributed by atoms with Gasteiger partial charge in [0.1, 0.15) is 0 Å². The van der Waals surface area contributed by atoms with Crippen LogP contribution >= 0.6 is 0 Å². The van der Waals surface area contributed by atoms with Crippen LogP contribution in [0.25, 0.3) is 0 Å². The third-order valence-corrected chi connectivity index (χ3v) is 4.53. The summed E-state index contributed by atoms with van der Waals surface area (Å²) in [6, 6.07) is 10.7. The lowest BCUT2D eigenvalue weighted by atomic mass is 9.97. The summed E-state index contributed by atoms with van der Waals surface area (Å²) in [5.74, 6) is 1.16. The number of benzene rings is 1. The van der Waals surface area contributed by atoms with Gasteiger partial charge < -0.3 is 0 Å². The zero-order valence-electron chi connectivity index (χ0n) is 16.1. The Balaban J connectivity index is 2.09. The minimum atomic E-state index is 0.571. The van der Waals surface area contributed by atoms with Crippen molar-refractivity contribution in [3.63, 3.8) is 0 Å². The average Bonchev–Trinajstić information content (AvgIpc) is 2.63. The molecule has 0 fully saturated rings. The van der Waals surface area contributed by atoms with Crippen molar-refractivity contribution in [2.45, 2.75) is 66.2 Å². The van der Waals surface area contributed by atoms with Crippen molar-refractivity contribution in [2.24, 2.45) is 5.10 Å². The number of nitrogens with zero attached hydrogens (tertiary/aromatic N) is 3. The van der Waals surface area contributed by atoms with Crippen LogP contribution in [0.4, 0.5) is 5.95 Å². The van der Waals surface area contributed by atoms with Crippen molar-refractivity contribution < 1.29 is 0 Å². The largest absolute Gasteiger partial charge is 0.245 e. The molecule has 2 aromatic rings. The summed E-state index contributed by atoms with van der Waals surface area (Å²) in [5.41, 5.74) is 8.46. The van der Waals surface area contributed by atoms with E-state index >= 15 is 0 Å². The van der Waals surface area contributed by atoms with Gasteiger partial charge in [-0.2, -0.15) is 5.10 Å². The quantitative estimate of drug-likeness (QED) is 0.512. The molecule has 1 heterocycles. The van der Waals surface area contributed by atoms with Crippen molar-refractivity contribution >= 4 is 11.7 Å². The summed E-state index contributed by atoms with van der Waals surface area (Å²) in [7, 11) is 0. The molecule has 0 saturated heterocycles. The molecule has 0 aliphatic carbocycles. The van der Waals surface area contributed by atoms with E-state index in [2.05, 4.69) is 65.5 Å². The SMILES string of the molecule is CCCCc1cc(C)nc(NN=C(C)c2ccc(C(C)CC)cc2)n1. The molecule has 4 nitrogen and oxygen atoms in total. The van der Waals surface area contributed by atoms with Gasteiger partial charge in [0.2, 0.25) is 5.95 Å². The molecule has 134 valence electrons. The highest BCUT2D eigenvalue weighted by Gasteiger charge is 2.05. The van der Waals surface area contributed by atoms with Gasteiger partial charge in [-0.3, -0.25) is 0 Å². The fourth-order valence-electron chi connectivity index (χ4n) is 2.66. The molecule has 1 aromatic heterocycles. The fourth-order valence-corrected chi connectivity index (χ4v) is 2.66. The van der Waals surface area contributed by atoms with Crippen LogP contribution in [0.1, 0.15) is 75.4 Å². The Hall–Kier alpha value is -2.23. The molecule has 0 bridgehead atoms. The Bertz CT molecular complexity index is 704. The monoisotopic (exact) mass is 338 g/mol. The first-order valence-electron chi connectivity index (χ1n) is 9.28. The third kappa shape index (κ3) is 5.66. The standard InChI is InChI=1S/C21H30N4/c1-6-8-9-20-14-16(4)22-21(23-20)25-24-17(5)19-12-10-18(11-13-19)15(3)7-2/h10-15H,6-9H2,1-5H3,(H,22,23,25). The Kier molecular flexibility index (Phi) is 7.11. The predicted molar refractivity (Wildman–Crippen MR) is 106 cm³/mol. The van der Waals surface area contributed by atoms with Gasteiger partial charge in [0.15, 0.2) is 0 Å². The zero-order valence-corrected chi connectivity index (χ0v) is 16.1. The van der Waals surface area contributed by atoms with E-state index in [4.69, 9.17) is 0 Å². The molecular weight excluding hydrogens is 308 g/mol. The van der Waals surface area contributed by atoms with E-state index < -0.39 is 0 Å². The molecule has 1 unspecified atom stereocenters. The molecule has 0 aliphatic heterocycles. The van der Waals surface area contributed by atoms with Crippen molar-refractivity contribution in [3.8, 4) is 0 Å². The highest BCUT2D eigenvalue weighted by Crippen LogP contribution is 2.19. The van der Waals surface area contributed by atoms with E-state index in [0.29, 0.717) is 11.9 Å². The Labute approximate surface area is 151 Å². The minimum Gasteiger partial charge on any atom is -0.245 e.